The number of amides is 1. The molecule has 0 atom stereocenters. The van der Waals surface area contributed by atoms with E-state index < -0.39 is 0 Å². The first-order valence-corrected chi connectivity index (χ1v) is 9.08. The molecule has 25 heavy (non-hydrogen) atoms. The van der Waals surface area contributed by atoms with Crippen molar-refractivity contribution >= 4 is 39.9 Å². The molecule has 2 aromatic carbocycles. The zero-order valence-electron chi connectivity index (χ0n) is 14.6. The Balaban J connectivity index is 1.62. The van der Waals surface area contributed by atoms with Crippen molar-refractivity contribution in [2.75, 3.05) is 30.1 Å². The van der Waals surface area contributed by atoms with Crippen LogP contribution in [-0.4, -0.2) is 30.7 Å². The second-order valence-electron chi connectivity index (χ2n) is 6.07. The van der Waals surface area contributed by atoms with Crippen LogP contribution < -0.4 is 10.2 Å². The number of aromatic nitrogens is 1. The Morgan fingerprint density at radius 1 is 1.12 bits per heavy atom. The lowest BCUT2D eigenvalue weighted by Gasteiger charge is -2.13. The van der Waals surface area contributed by atoms with Crippen LogP contribution in [0.5, 0.6) is 0 Å². The molecule has 0 unspecified atom stereocenters. The Bertz CT molecular complexity index is 891. The number of hydrogen-bond acceptors (Lipinski definition) is 4. The highest BCUT2D eigenvalue weighted by molar-refractivity contribution is 7.99. The van der Waals surface area contributed by atoms with Crippen molar-refractivity contribution in [2.24, 2.45) is 0 Å². The third kappa shape index (κ3) is 4.31. The van der Waals surface area contributed by atoms with Crippen LogP contribution in [0.25, 0.3) is 10.9 Å². The molecular weight excluding hydrogens is 330 g/mol. The number of nitrogens with one attached hydrogen (secondary N) is 1. The number of carbonyl (C=O) groups is 1. The molecule has 0 saturated heterocycles. The number of para-hydroxylation sites is 1. The van der Waals surface area contributed by atoms with Crippen LogP contribution in [0.3, 0.4) is 0 Å². The molecule has 0 aliphatic carbocycles. The summed E-state index contributed by atoms with van der Waals surface area (Å²) < 4.78 is 0. The highest BCUT2D eigenvalue weighted by atomic mass is 32.2. The fourth-order valence-electron chi connectivity index (χ4n) is 2.57. The monoisotopic (exact) mass is 351 g/mol. The molecule has 0 bridgehead atoms. The molecule has 0 saturated carbocycles. The number of benzene rings is 2. The highest BCUT2D eigenvalue weighted by Crippen LogP contribution is 2.24. The minimum Gasteiger partial charge on any atom is -0.378 e. The average molecular weight is 351 g/mol. The van der Waals surface area contributed by atoms with E-state index in [1.165, 1.54) is 17.3 Å². The van der Waals surface area contributed by atoms with Crippen LogP contribution >= 0.6 is 11.8 Å². The van der Waals surface area contributed by atoms with E-state index in [4.69, 9.17) is 0 Å². The topological polar surface area (TPSA) is 45.2 Å². The summed E-state index contributed by atoms with van der Waals surface area (Å²) in [6.45, 7) is 2.07. The van der Waals surface area contributed by atoms with Gasteiger partial charge >= 0.3 is 0 Å². The standard InChI is InChI=1S/C20H21N3OS/c1-14-12-20(22-18-7-5-4-6-17(14)18)25-13-19(24)21-15-8-10-16(11-9-15)23(2)3/h4-12H,13H2,1-3H3,(H,21,24). The van der Waals surface area contributed by atoms with Crippen LogP contribution in [0.1, 0.15) is 5.56 Å². The molecule has 3 aromatic rings. The van der Waals surface area contributed by atoms with Crippen molar-refractivity contribution in [1.82, 2.24) is 4.98 Å². The smallest absolute Gasteiger partial charge is 0.234 e. The lowest BCUT2D eigenvalue weighted by Crippen LogP contribution is -2.14. The van der Waals surface area contributed by atoms with Gasteiger partial charge in [-0.1, -0.05) is 30.0 Å². The summed E-state index contributed by atoms with van der Waals surface area (Å²) in [6, 6.07) is 17.9. The molecule has 0 aliphatic heterocycles. The van der Waals surface area contributed by atoms with E-state index in [0.717, 1.165) is 27.3 Å². The van der Waals surface area contributed by atoms with E-state index in [-0.39, 0.29) is 5.91 Å². The Morgan fingerprint density at radius 3 is 2.56 bits per heavy atom. The Hall–Kier alpha value is -2.53. The maximum absolute atomic E-state index is 12.2. The van der Waals surface area contributed by atoms with Crippen molar-refractivity contribution in [2.45, 2.75) is 11.9 Å². The molecule has 0 aliphatic rings. The summed E-state index contributed by atoms with van der Waals surface area (Å²) >= 11 is 1.45. The lowest BCUT2D eigenvalue weighted by molar-refractivity contribution is -0.113. The second-order valence-corrected chi connectivity index (χ2v) is 7.07. The molecule has 0 fully saturated rings. The molecule has 1 heterocycles. The number of nitrogens with zero attached hydrogens (tertiary/aromatic N) is 2. The van der Waals surface area contributed by atoms with Crippen molar-refractivity contribution in [1.29, 1.82) is 0 Å². The predicted octanol–water partition coefficient (Wildman–Crippen LogP) is 4.34. The first kappa shape index (κ1) is 17.3. The number of pyridine rings is 1. The zero-order valence-corrected chi connectivity index (χ0v) is 15.4. The maximum atomic E-state index is 12.2. The predicted molar refractivity (Wildman–Crippen MR) is 107 cm³/mol. The van der Waals surface area contributed by atoms with Crippen molar-refractivity contribution in [3.63, 3.8) is 0 Å². The summed E-state index contributed by atoms with van der Waals surface area (Å²) in [7, 11) is 3.98. The number of thioether (sulfide) groups is 1. The van der Waals surface area contributed by atoms with E-state index in [1.807, 2.05) is 67.5 Å². The summed E-state index contributed by atoms with van der Waals surface area (Å²) in [4.78, 5) is 18.8. The molecule has 0 radical (unpaired) electrons. The maximum Gasteiger partial charge on any atom is 0.234 e. The van der Waals surface area contributed by atoms with E-state index in [0.29, 0.717) is 5.75 Å². The van der Waals surface area contributed by atoms with E-state index in [1.54, 1.807) is 0 Å². The van der Waals surface area contributed by atoms with E-state index in [2.05, 4.69) is 23.3 Å². The number of fused-ring (bicyclic) bond motifs is 1. The molecule has 1 aromatic heterocycles. The highest BCUT2D eigenvalue weighted by Gasteiger charge is 2.07. The van der Waals surface area contributed by atoms with Crippen LogP contribution in [0.4, 0.5) is 11.4 Å². The summed E-state index contributed by atoms with van der Waals surface area (Å²) in [5.41, 5.74) is 4.04. The normalized spacial score (nSPS) is 10.7. The third-order valence-corrected chi connectivity index (χ3v) is 4.83. The summed E-state index contributed by atoms with van der Waals surface area (Å²) in [5, 5.41) is 4.94. The number of rotatable bonds is 5. The molecule has 3 rings (SSSR count). The fourth-order valence-corrected chi connectivity index (χ4v) is 3.35. The van der Waals surface area contributed by atoms with E-state index in [9.17, 15) is 4.79 Å². The van der Waals surface area contributed by atoms with E-state index >= 15 is 0 Å². The van der Waals surface area contributed by atoms with Gasteiger partial charge in [-0.2, -0.15) is 0 Å². The van der Waals surface area contributed by atoms with Gasteiger partial charge in [-0.05, 0) is 48.9 Å². The average Bonchev–Trinajstić information content (AvgIpc) is 2.60. The molecule has 1 N–H and O–H groups in total. The molecular formula is C20H21N3OS. The van der Waals surface area contributed by atoms with Crippen LogP contribution in [-0.2, 0) is 4.79 Å². The second kappa shape index (κ2) is 7.57. The van der Waals surface area contributed by atoms with Crippen LogP contribution in [0.15, 0.2) is 59.6 Å². The summed E-state index contributed by atoms with van der Waals surface area (Å²) in [5.74, 6) is 0.301. The van der Waals surface area contributed by atoms with Gasteiger partial charge in [0.1, 0.15) is 0 Å². The van der Waals surface area contributed by atoms with Crippen LogP contribution in [0, 0.1) is 6.92 Å². The van der Waals surface area contributed by atoms with Gasteiger partial charge in [0.2, 0.25) is 5.91 Å². The largest absolute Gasteiger partial charge is 0.378 e. The van der Waals surface area contributed by atoms with Gasteiger partial charge in [-0.25, -0.2) is 4.98 Å². The Morgan fingerprint density at radius 2 is 1.84 bits per heavy atom. The van der Waals surface area contributed by atoms with Gasteiger partial charge in [-0.15, -0.1) is 0 Å². The van der Waals surface area contributed by atoms with Gasteiger partial charge < -0.3 is 10.2 Å². The number of carbonyl (C=O) groups excluding carboxylic acids is 1. The molecule has 5 heteroatoms. The molecule has 128 valence electrons. The minimum absolute atomic E-state index is 0.0322. The quantitative estimate of drug-likeness (QED) is 0.695. The van der Waals surface area contributed by atoms with Gasteiger partial charge in [0.15, 0.2) is 0 Å². The van der Waals surface area contributed by atoms with Gasteiger partial charge in [0, 0.05) is 30.9 Å². The number of anilines is 2. The van der Waals surface area contributed by atoms with Gasteiger partial charge in [-0.3, -0.25) is 4.79 Å². The zero-order chi connectivity index (χ0) is 17.8. The van der Waals surface area contributed by atoms with Crippen molar-refractivity contribution in [3.8, 4) is 0 Å². The van der Waals surface area contributed by atoms with Crippen molar-refractivity contribution in [3.05, 3.63) is 60.2 Å². The van der Waals surface area contributed by atoms with Crippen LogP contribution in [0.2, 0.25) is 0 Å². The van der Waals surface area contributed by atoms with Crippen molar-refractivity contribution < 1.29 is 4.79 Å². The molecule has 4 nitrogen and oxygen atoms in total. The number of hydrogen-bond donors (Lipinski definition) is 1. The Labute approximate surface area is 152 Å². The van der Waals surface area contributed by atoms with Gasteiger partial charge in [0.25, 0.3) is 0 Å². The summed E-state index contributed by atoms with van der Waals surface area (Å²) in [6.07, 6.45) is 0. The molecule has 1 amide bonds. The first-order valence-electron chi connectivity index (χ1n) is 8.09. The lowest BCUT2D eigenvalue weighted by atomic mass is 10.1. The van der Waals surface area contributed by atoms with Gasteiger partial charge in [0.05, 0.1) is 16.3 Å². The molecule has 0 spiro atoms. The Kier molecular flexibility index (Phi) is 5.24. The third-order valence-electron chi connectivity index (χ3n) is 3.92. The first-order chi connectivity index (χ1) is 12.0. The number of aryl methyl sites for hydroxylation is 1. The minimum atomic E-state index is -0.0322. The SMILES string of the molecule is Cc1cc(SCC(=O)Nc2ccc(N(C)C)cc2)nc2ccccc12. The fraction of sp³-hybridized carbons (Fsp3) is 0.200.